The number of carbonyl (C=O) groups excluding carboxylic acids is 1. The zero-order valence-electron chi connectivity index (χ0n) is 12.0. The second kappa shape index (κ2) is 9.55. The van der Waals surface area contributed by atoms with Crippen molar-refractivity contribution in [2.75, 3.05) is 0 Å². The van der Waals surface area contributed by atoms with E-state index in [4.69, 9.17) is 0 Å². The third-order valence-electron chi connectivity index (χ3n) is 4.25. The van der Waals surface area contributed by atoms with Crippen LogP contribution in [0.5, 0.6) is 0 Å². The summed E-state index contributed by atoms with van der Waals surface area (Å²) in [6, 6.07) is 0. The van der Waals surface area contributed by atoms with Gasteiger partial charge in [0.15, 0.2) is 0 Å². The van der Waals surface area contributed by atoms with Gasteiger partial charge in [0, 0.05) is 5.92 Å². The third-order valence-corrected chi connectivity index (χ3v) is 4.25. The van der Waals surface area contributed by atoms with Crippen LogP contribution < -0.4 is 0 Å². The first-order valence-electron chi connectivity index (χ1n) is 7.88. The predicted octanol–water partition coefficient (Wildman–Crippen LogP) is 4.25. The molecule has 1 fully saturated rings. The van der Waals surface area contributed by atoms with Gasteiger partial charge in [-0.3, -0.25) is 4.79 Å². The molecule has 0 saturated heterocycles. The van der Waals surface area contributed by atoms with Gasteiger partial charge < -0.3 is 5.11 Å². The minimum Gasteiger partial charge on any atom is -0.393 e. The van der Waals surface area contributed by atoms with Gasteiger partial charge >= 0.3 is 0 Å². The van der Waals surface area contributed by atoms with Gasteiger partial charge in [-0.2, -0.15) is 0 Å². The number of hydrogen-bond acceptors (Lipinski definition) is 2. The molecule has 0 bridgehead atoms. The van der Waals surface area contributed by atoms with Crippen LogP contribution in [0, 0.1) is 5.92 Å². The Labute approximate surface area is 112 Å². The Morgan fingerprint density at radius 2 is 1.17 bits per heavy atom. The second-order valence-electron chi connectivity index (χ2n) is 5.94. The molecule has 0 radical (unpaired) electrons. The van der Waals surface area contributed by atoms with E-state index < -0.39 is 0 Å². The van der Waals surface area contributed by atoms with Crippen LogP contribution >= 0.6 is 0 Å². The second-order valence-corrected chi connectivity index (χ2v) is 5.94. The van der Waals surface area contributed by atoms with Crippen molar-refractivity contribution in [1.82, 2.24) is 0 Å². The Bertz CT molecular complexity index is 225. The van der Waals surface area contributed by atoms with E-state index in [1.54, 1.807) is 6.92 Å². The molecule has 0 aromatic rings. The molecule has 2 nitrogen and oxygen atoms in total. The fraction of sp³-hybridized carbons (Fsp3) is 0.938. The monoisotopic (exact) mass is 254 g/mol. The van der Waals surface area contributed by atoms with Crippen LogP contribution in [0.25, 0.3) is 0 Å². The van der Waals surface area contributed by atoms with Gasteiger partial charge in [-0.15, -0.1) is 0 Å². The highest BCUT2D eigenvalue weighted by Gasteiger charge is 2.14. The Hall–Kier alpha value is -0.370. The van der Waals surface area contributed by atoms with Gasteiger partial charge in [-0.25, -0.2) is 0 Å². The van der Waals surface area contributed by atoms with E-state index >= 15 is 0 Å². The maximum atomic E-state index is 11.6. The van der Waals surface area contributed by atoms with E-state index in [0.717, 1.165) is 44.9 Å². The summed E-state index contributed by atoms with van der Waals surface area (Å²) in [6.45, 7) is 1.75. The van der Waals surface area contributed by atoms with Crippen molar-refractivity contribution < 1.29 is 9.90 Å². The SMILES string of the molecule is CC(=O)C1CCCCCCCC(O)CCCCC1. The molecule has 18 heavy (non-hydrogen) atoms. The molecule has 1 saturated carbocycles. The Balaban J connectivity index is 2.33. The number of hydrogen-bond donors (Lipinski definition) is 1. The molecule has 1 aliphatic carbocycles. The average molecular weight is 254 g/mol. The summed E-state index contributed by atoms with van der Waals surface area (Å²) < 4.78 is 0. The lowest BCUT2D eigenvalue weighted by molar-refractivity contribution is -0.121. The Morgan fingerprint density at radius 3 is 1.67 bits per heavy atom. The summed E-state index contributed by atoms with van der Waals surface area (Å²) in [5.41, 5.74) is 0. The van der Waals surface area contributed by atoms with Gasteiger partial charge in [0.25, 0.3) is 0 Å². The minimum atomic E-state index is -0.0865. The molecule has 2 heteroatoms. The van der Waals surface area contributed by atoms with Crippen LogP contribution in [-0.2, 0) is 4.79 Å². The van der Waals surface area contributed by atoms with Crippen molar-refractivity contribution in [2.24, 2.45) is 5.92 Å². The zero-order valence-corrected chi connectivity index (χ0v) is 12.0. The van der Waals surface area contributed by atoms with Gasteiger partial charge in [-0.1, -0.05) is 51.4 Å². The van der Waals surface area contributed by atoms with Crippen molar-refractivity contribution in [3.8, 4) is 0 Å². The molecule has 1 N–H and O–H groups in total. The number of carbonyl (C=O) groups is 1. The first-order valence-corrected chi connectivity index (χ1v) is 7.88. The summed E-state index contributed by atoms with van der Waals surface area (Å²) in [6.07, 6.45) is 13.5. The van der Waals surface area contributed by atoms with E-state index in [1.807, 2.05) is 0 Å². The quantitative estimate of drug-likeness (QED) is 0.759. The van der Waals surface area contributed by atoms with Crippen LogP contribution in [-0.4, -0.2) is 17.0 Å². The van der Waals surface area contributed by atoms with E-state index in [-0.39, 0.29) is 6.10 Å². The molecule has 2 unspecified atom stereocenters. The zero-order chi connectivity index (χ0) is 13.2. The number of rotatable bonds is 1. The molecule has 1 rings (SSSR count). The maximum absolute atomic E-state index is 11.6. The van der Waals surface area contributed by atoms with Crippen LogP contribution in [0.3, 0.4) is 0 Å². The lowest BCUT2D eigenvalue weighted by Crippen LogP contribution is -2.11. The Kier molecular flexibility index (Phi) is 8.32. The fourth-order valence-electron chi connectivity index (χ4n) is 2.94. The maximum Gasteiger partial charge on any atom is 0.132 e. The van der Waals surface area contributed by atoms with E-state index in [9.17, 15) is 9.90 Å². The normalized spacial score (nSPS) is 29.4. The van der Waals surface area contributed by atoms with Crippen molar-refractivity contribution in [2.45, 2.75) is 90.1 Å². The summed E-state index contributed by atoms with van der Waals surface area (Å²) >= 11 is 0. The lowest BCUT2D eigenvalue weighted by Gasteiger charge is -2.15. The summed E-state index contributed by atoms with van der Waals surface area (Å²) in [5, 5.41) is 9.81. The number of aliphatic hydroxyl groups is 1. The standard InChI is InChI=1S/C16H30O2/c1-14(17)15-10-6-3-2-4-8-12-16(18)13-9-5-7-11-15/h15-16,18H,2-13H2,1H3. The highest BCUT2D eigenvalue weighted by Crippen LogP contribution is 2.21. The largest absolute Gasteiger partial charge is 0.393 e. The highest BCUT2D eigenvalue weighted by molar-refractivity contribution is 5.78. The molecule has 0 spiro atoms. The van der Waals surface area contributed by atoms with Crippen molar-refractivity contribution in [3.63, 3.8) is 0 Å². The van der Waals surface area contributed by atoms with Gasteiger partial charge in [0.05, 0.1) is 6.10 Å². The van der Waals surface area contributed by atoms with Gasteiger partial charge in [0.1, 0.15) is 5.78 Å². The van der Waals surface area contributed by atoms with Crippen molar-refractivity contribution in [1.29, 1.82) is 0 Å². The molecule has 0 aromatic carbocycles. The lowest BCUT2D eigenvalue weighted by atomic mass is 9.90. The van der Waals surface area contributed by atoms with E-state index in [1.165, 1.54) is 32.1 Å². The molecule has 0 amide bonds. The fourth-order valence-corrected chi connectivity index (χ4v) is 2.94. The molecule has 0 aromatic heterocycles. The smallest absolute Gasteiger partial charge is 0.132 e. The first-order chi connectivity index (χ1) is 8.70. The molecule has 1 aliphatic rings. The van der Waals surface area contributed by atoms with Crippen molar-refractivity contribution in [3.05, 3.63) is 0 Å². The van der Waals surface area contributed by atoms with Crippen LogP contribution in [0.4, 0.5) is 0 Å². The molecule has 2 atom stereocenters. The van der Waals surface area contributed by atoms with E-state index in [2.05, 4.69) is 0 Å². The van der Waals surface area contributed by atoms with Gasteiger partial charge in [0.2, 0.25) is 0 Å². The number of Topliss-reactive ketones (excluding diaryl/α,β-unsaturated/α-hetero) is 1. The molecular formula is C16H30O2. The van der Waals surface area contributed by atoms with Crippen molar-refractivity contribution >= 4 is 5.78 Å². The highest BCUT2D eigenvalue weighted by atomic mass is 16.3. The van der Waals surface area contributed by atoms with E-state index in [0.29, 0.717) is 11.7 Å². The average Bonchev–Trinajstić information content (AvgIpc) is 2.33. The minimum absolute atomic E-state index is 0.0865. The van der Waals surface area contributed by atoms with Crippen LogP contribution in [0.2, 0.25) is 0 Å². The molecule has 0 heterocycles. The van der Waals surface area contributed by atoms with Crippen LogP contribution in [0.1, 0.15) is 84.0 Å². The summed E-state index contributed by atoms with van der Waals surface area (Å²) in [5.74, 6) is 0.681. The summed E-state index contributed by atoms with van der Waals surface area (Å²) in [4.78, 5) is 11.6. The summed E-state index contributed by atoms with van der Waals surface area (Å²) in [7, 11) is 0. The molecule has 0 aliphatic heterocycles. The topological polar surface area (TPSA) is 37.3 Å². The number of aliphatic hydroxyl groups excluding tert-OH is 1. The number of ketones is 1. The third kappa shape index (κ3) is 7.15. The van der Waals surface area contributed by atoms with Crippen LogP contribution in [0.15, 0.2) is 0 Å². The molecule has 106 valence electrons. The Morgan fingerprint density at radius 1 is 0.778 bits per heavy atom. The van der Waals surface area contributed by atoms with Gasteiger partial charge in [-0.05, 0) is 32.6 Å². The predicted molar refractivity (Wildman–Crippen MR) is 75.6 cm³/mol. The molecular weight excluding hydrogens is 224 g/mol. The first kappa shape index (κ1) is 15.7.